The highest BCUT2D eigenvalue weighted by molar-refractivity contribution is 7.90. The summed E-state index contributed by atoms with van der Waals surface area (Å²) in [6, 6.07) is 28.5. The minimum Gasteiger partial charge on any atom is -0.483 e. The molecule has 0 saturated carbocycles. The molecule has 196 valence electrons. The highest BCUT2D eigenvalue weighted by Crippen LogP contribution is 2.37. The summed E-state index contributed by atoms with van der Waals surface area (Å²) in [6.07, 6.45) is 0. The SMILES string of the molecule is CO/C(=N\S(=O)(=O)c1ccc(N(C)C)c2ccccc12)[C@H](c1ccccc1)[C@H](C[N+](=O)[O-])c1ccccc1. The van der Waals surface area contributed by atoms with Crippen LogP contribution in [-0.4, -0.2) is 47.0 Å². The normalized spacial score (nSPS) is 13.6. The fourth-order valence-electron chi connectivity index (χ4n) is 4.73. The van der Waals surface area contributed by atoms with Crippen molar-refractivity contribution in [2.75, 3.05) is 32.6 Å². The van der Waals surface area contributed by atoms with Gasteiger partial charge in [-0.2, -0.15) is 8.42 Å². The number of nitro groups is 1. The van der Waals surface area contributed by atoms with Crippen LogP contribution in [0.2, 0.25) is 0 Å². The summed E-state index contributed by atoms with van der Waals surface area (Å²) < 4.78 is 37.4. The van der Waals surface area contributed by atoms with E-state index in [-0.39, 0.29) is 10.8 Å². The maximum Gasteiger partial charge on any atom is 0.285 e. The first-order chi connectivity index (χ1) is 18.2. The standard InChI is InChI=1S/C29H29N3O5S/c1-31(2)26-18-19-27(24-17-11-10-16-23(24)26)38(35,36)30-29(37-3)28(22-14-8-5-9-15-22)25(20-32(33)34)21-12-6-4-7-13-21/h4-19,25,28H,20H2,1-3H3/b30-29-/t25-,28-/m1/s1. The number of hydrogen-bond acceptors (Lipinski definition) is 6. The molecule has 38 heavy (non-hydrogen) atoms. The number of nitrogens with zero attached hydrogens (tertiary/aromatic N) is 3. The Morgan fingerprint density at radius 2 is 1.42 bits per heavy atom. The fraction of sp³-hybridized carbons (Fsp3) is 0.207. The molecule has 4 aromatic rings. The molecule has 0 aromatic heterocycles. The Kier molecular flexibility index (Phi) is 8.07. The highest BCUT2D eigenvalue weighted by atomic mass is 32.2. The van der Waals surface area contributed by atoms with Gasteiger partial charge in [0.1, 0.15) is 0 Å². The molecule has 0 aliphatic heterocycles. The summed E-state index contributed by atoms with van der Waals surface area (Å²) in [6.45, 7) is -0.438. The van der Waals surface area contributed by atoms with Gasteiger partial charge < -0.3 is 9.64 Å². The highest BCUT2D eigenvalue weighted by Gasteiger charge is 2.35. The zero-order valence-corrected chi connectivity index (χ0v) is 22.2. The average molecular weight is 532 g/mol. The third-order valence-corrected chi connectivity index (χ3v) is 7.77. The van der Waals surface area contributed by atoms with E-state index in [4.69, 9.17) is 4.74 Å². The van der Waals surface area contributed by atoms with E-state index in [0.29, 0.717) is 16.5 Å². The Bertz CT molecular complexity index is 1560. The van der Waals surface area contributed by atoms with Crippen molar-refractivity contribution in [1.82, 2.24) is 0 Å². The van der Waals surface area contributed by atoms with E-state index in [1.165, 1.54) is 13.2 Å². The van der Waals surface area contributed by atoms with E-state index in [1.807, 2.05) is 43.3 Å². The Labute approximate surface area is 222 Å². The molecule has 0 N–H and O–H groups in total. The third kappa shape index (κ3) is 5.68. The van der Waals surface area contributed by atoms with Gasteiger partial charge in [-0.1, -0.05) is 84.9 Å². The van der Waals surface area contributed by atoms with Crippen LogP contribution in [0, 0.1) is 10.1 Å². The molecule has 0 radical (unpaired) electrons. The topological polar surface area (TPSA) is 102 Å². The van der Waals surface area contributed by atoms with Gasteiger partial charge in [0.25, 0.3) is 10.0 Å². The minimum atomic E-state index is -4.26. The van der Waals surface area contributed by atoms with Crippen molar-refractivity contribution < 1.29 is 18.1 Å². The number of anilines is 1. The maximum atomic E-state index is 13.8. The van der Waals surface area contributed by atoms with Crippen molar-refractivity contribution in [3.63, 3.8) is 0 Å². The van der Waals surface area contributed by atoms with Gasteiger partial charge in [-0.15, -0.1) is 4.40 Å². The number of ether oxygens (including phenoxy) is 1. The van der Waals surface area contributed by atoms with Crippen molar-refractivity contribution in [2.24, 2.45) is 4.40 Å². The number of benzene rings is 4. The smallest absolute Gasteiger partial charge is 0.285 e. The minimum absolute atomic E-state index is 0.0330. The second-order valence-electron chi connectivity index (χ2n) is 9.05. The van der Waals surface area contributed by atoms with E-state index in [2.05, 4.69) is 4.40 Å². The van der Waals surface area contributed by atoms with Crippen molar-refractivity contribution in [3.8, 4) is 0 Å². The lowest BCUT2D eigenvalue weighted by molar-refractivity contribution is -0.483. The first-order valence-corrected chi connectivity index (χ1v) is 13.5. The van der Waals surface area contributed by atoms with Crippen molar-refractivity contribution in [2.45, 2.75) is 16.7 Å². The van der Waals surface area contributed by atoms with E-state index < -0.39 is 33.3 Å². The summed E-state index contributed by atoms with van der Waals surface area (Å²) >= 11 is 0. The average Bonchev–Trinajstić information content (AvgIpc) is 2.92. The van der Waals surface area contributed by atoms with Crippen LogP contribution in [0.5, 0.6) is 0 Å². The van der Waals surface area contributed by atoms with Crippen LogP contribution in [0.25, 0.3) is 10.8 Å². The van der Waals surface area contributed by atoms with Crippen LogP contribution in [0.1, 0.15) is 23.0 Å². The first-order valence-electron chi connectivity index (χ1n) is 12.0. The summed E-state index contributed by atoms with van der Waals surface area (Å²) in [5, 5.41) is 13.1. The molecule has 0 unspecified atom stereocenters. The van der Waals surface area contributed by atoms with E-state index in [0.717, 1.165) is 11.1 Å². The maximum absolute atomic E-state index is 13.8. The van der Waals surface area contributed by atoms with Gasteiger partial charge in [0.05, 0.1) is 23.8 Å². The Morgan fingerprint density at radius 3 is 1.97 bits per heavy atom. The molecule has 0 aliphatic rings. The van der Waals surface area contributed by atoms with E-state index in [1.54, 1.807) is 66.7 Å². The lowest BCUT2D eigenvalue weighted by atomic mass is 9.81. The van der Waals surface area contributed by atoms with Crippen LogP contribution in [0.15, 0.2) is 106 Å². The van der Waals surface area contributed by atoms with Crippen molar-refractivity contribution >= 4 is 32.4 Å². The molecule has 0 spiro atoms. The summed E-state index contributed by atoms with van der Waals surface area (Å²) in [4.78, 5) is 13.3. The number of methoxy groups -OCH3 is 1. The second kappa shape index (κ2) is 11.4. The predicted octanol–water partition coefficient (Wildman–Crippen LogP) is 5.48. The van der Waals surface area contributed by atoms with E-state index in [9.17, 15) is 18.5 Å². The second-order valence-corrected chi connectivity index (χ2v) is 10.6. The lowest BCUT2D eigenvalue weighted by Crippen LogP contribution is -2.28. The van der Waals surface area contributed by atoms with E-state index >= 15 is 0 Å². The zero-order valence-electron chi connectivity index (χ0n) is 21.4. The largest absolute Gasteiger partial charge is 0.483 e. The summed E-state index contributed by atoms with van der Waals surface area (Å²) in [5.41, 5.74) is 2.21. The predicted molar refractivity (Wildman–Crippen MR) is 150 cm³/mol. The Balaban J connectivity index is 1.92. The van der Waals surface area contributed by atoms with Crippen molar-refractivity contribution in [3.05, 3.63) is 118 Å². The molecule has 0 bridgehead atoms. The molecule has 4 aromatic carbocycles. The lowest BCUT2D eigenvalue weighted by Gasteiger charge is -2.26. The number of hydrogen-bond donors (Lipinski definition) is 0. The van der Waals surface area contributed by atoms with Gasteiger partial charge in [-0.05, 0) is 23.3 Å². The number of sulfonamides is 1. The first kappa shape index (κ1) is 26.8. The molecule has 8 nitrogen and oxygen atoms in total. The summed E-state index contributed by atoms with van der Waals surface area (Å²) in [5.74, 6) is -1.67. The molecular formula is C29H29N3O5S. The fourth-order valence-corrected chi connectivity index (χ4v) is 5.95. The molecule has 9 heteroatoms. The van der Waals surface area contributed by atoms with Gasteiger partial charge in [-0.3, -0.25) is 10.1 Å². The molecule has 0 amide bonds. The van der Waals surface area contributed by atoms with Crippen LogP contribution in [-0.2, 0) is 14.8 Å². The van der Waals surface area contributed by atoms with Gasteiger partial charge in [-0.25, -0.2) is 0 Å². The molecular weight excluding hydrogens is 502 g/mol. The monoisotopic (exact) mass is 531 g/mol. The zero-order chi connectivity index (χ0) is 27.3. The van der Waals surface area contributed by atoms with Crippen LogP contribution < -0.4 is 4.90 Å². The molecule has 0 fully saturated rings. The van der Waals surface area contributed by atoms with Crippen LogP contribution in [0.4, 0.5) is 5.69 Å². The van der Waals surface area contributed by atoms with Crippen LogP contribution >= 0.6 is 0 Å². The number of rotatable bonds is 9. The molecule has 4 rings (SSSR count). The van der Waals surface area contributed by atoms with Gasteiger partial charge in [0, 0.05) is 35.5 Å². The van der Waals surface area contributed by atoms with Gasteiger partial charge in [0.15, 0.2) is 0 Å². The van der Waals surface area contributed by atoms with Crippen molar-refractivity contribution in [1.29, 1.82) is 0 Å². The molecule has 0 aliphatic carbocycles. The number of fused-ring (bicyclic) bond motifs is 1. The van der Waals surface area contributed by atoms with Gasteiger partial charge in [0.2, 0.25) is 12.4 Å². The summed E-state index contributed by atoms with van der Waals surface area (Å²) in [7, 11) is 0.855. The third-order valence-electron chi connectivity index (χ3n) is 6.44. The Morgan fingerprint density at radius 1 is 0.868 bits per heavy atom. The molecule has 0 saturated heterocycles. The molecule has 2 atom stereocenters. The van der Waals surface area contributed by atoms with Crippen LogP contribution in [0.3, 0.4) is 0 Å². The quantitative estimate of drug-likeness (QED) is 0.123. The van der Waals surface area contributed by atoms with Gasteiger partial charge >= 0.3 is 0 Å². The molecule has 0 heterocycles. The Hall–Kier alpha value is -4.24.